The van der Waals surface area contributed by atoms with E-state index >= 15 is 0 Å². The van der Waals surface area contributed by atoms with Gasteiger partial charge in [0, 0.05) is 22.8 Å². The first kappa shape index (κ1) is 23.0. The van der Waals surface area contributed by atoms with Gasteiger partial charge in [-0.25, -0.2) is 22.9 Å². The summed E-state index contributed by atoms with van der Waals surface area (Å²) < 4.78 is 37.6. The average molecular weight is 489 g/mol. The summed E-state index contributed by atoms with van der Waals surface area (Å²) in [6.07, 6.45) is 1.82. The topological polar surface area (TPSA) is 130 Å². The summed E-state index contributed by atoms with van der Waals surface area (Å²) in [4.78, 5) is 23.0. The molecule has 2 aromatic carbocycles. The Kier molecular flexibility index (Phi) is 6.49. The Bertz CT molecular complexity index is 1320. The van der Waals surface area contributed by atoms with E-state index in [9.17, 15) is 17.6 Å². The lowest BCUT2D eigenvalue weighted by atomic mass is 10.2. The number of nitrogens with two attached hydrogens (primary N) is 1. The maximum atomic E-state index is 14.4. The van der Waals surface area contributed by atoms with Gasteiger partial charge in [-0.05, 0) is 42.8 Å². The van der Waals surface area contributed by atoms with Gasteiger partial charge in [0.2, 0.25) is 21.9 Å². The molecule has 0 spiro atoms. The summed E-state index contributed by atoms with van der Waals surface area (Å²) in [5.74, 6) is -0.267. The van der Waals surface area contributed by atoms with Crippen LogP contribution in [-0.2, 0) is 14.8 Å². The number of aromatic nitrogens is 2. The fourth-order valence-electron chi connectivity index (χ4n) is 3.28. The second-order valence-corrected chi connectivity index (χ2v) is 9.81. The number of hydrogen-bond donors (Lipinski definition) is 3. The highest BCUT2D eigenvalue weighted by atomic mass is 32.2. The molecular weight excluding hydrogens is 467 g/mol. The Hall–Kier alpha value is -3.22. The summed E-state index contributed by atoms with van der Waals surface area (Å²) in [5, 5.41) is 10.9. The van der Waals surface area contributed by atoms with Gasteiger partial charge in [0.1, 0.15) is 0 Å². The number of carbonyl (C=O) groups excluding carboxylic acids is 1. The lowest BCUT2D eigenvalue weighted by Gasteiger charge is -2.29. The minimum absolute atomic E-state index is 0.0351. The van der Waals surface area contributed by atoms with E-state index in [0.717, 1.165) is 23.2 Å². The molecular formula is C21H21FN6O3S2. The smallest absolute Gasteiger partial charge is 0.238 e. The Morgan fingerprint density at radius 3 is 2.73 bits per heavy atom. The molecule has 3 aromatic rings. The number of carbonyl (C=O) groups is 1. The number of hydrogen-bond acceptors (Lipinski definition) is 8. The quantitative estimate of drug-likeness (QED) is 0.460. The van der Waals surface area contributed by atoms with Crippen LogP contribution < -0.4 is 20.7 Å². The molecule has 1 aliphatic heterocycles. The fraction of sp³-hybridized carbons (Fsp3) is 0.190. The van der Waals surface area contributed by atoms with Crippen molar-refractivity contribution in [1.29, 1.82) is 0 Å². The molecule has 1 aromatic heterocycles. The predicted molar refractivity (Wildman–Crippen MR) is 126 cm³/mol. The molecule has 0 fully saturated rings. The van der Waals surface area contributed by atoms with E-state index in [2.05, 4.69) is 20.6 Å². The molecule has 172 valence electrons. The maximum Gasteiger partial charge on any atom is 0.238 e. The summed E-state index contributed by atoms with van der Waals surface area (Å²) in [6.45, 7) is 2.60. The number of nitrogens with one attached hydrogen (secondary N) is 2. The number of amides is 1. The van der Waals surface area contributed by atoms with Gasteiger partial charge < -0.3 is 15.5 Å². The first-order valence-electron chi connectivity index (χ1n) is 10.0. The molecule has 1 aliphatic rings. The molecule has 0 radical (unpaired) electrons. The highest BCUT2D eigenvalue weighted by molar-refractivity contribution is 8.00. The van der Waals surface area contributed by atoms with Crippen molar-refractivity contribution in [3.05, 3.63) is 54.5 Å². The number of thioether (sulfide) groups is 1. The molecule has 0 aliphatic carbocycles. The van der Waals surface area contributed by atoms with E-state index in [1.807, 2.05) is 13.0 Å². The van der Waals surface area contributed by atoms with Crippen LogP contribution in [0.2, 0.25) is 0 Å². The number of rotatable bonds is 7. The van der Waals surface area contributed by atoms with Crippen LogP contribution in [0, 0.1) is 5.82 Å². The molecule has 33 heavy (non-hydrogen) atoms. The lowest BCUT2D eigenvalue weighted by Crippen LogP contribution is -2.35. The van der Waals surface area contributed by atoms with Crippen molar-refractivity contribution in [2.24, 2.45) is 5.14 Å². The summed E-state index contributed by atoms with van der Waals surface area (Å²) in [5.41, 5.74) is 1.71. The van der Waals surface area contributed by atoms with Crippen LogP contribution in [0.15, 0.2) is 58.5 Å². The summed E-state index contributed by atoms with van der Waals surface area (Å²) in [7, 11) is -3.88. The number of anilines is 5. The Morgan fingerprint density at radius 1 is 1.18 bits per heavy atom. The van der Waals surface area contributed by atoms with E-state index in [1.54, 1.807) is 23.1 Å². The second-order valence-electron chi connectivity index (χ2n) is 7.23. The monoisotopic (exact) mass is 488 g/mol. The van der Waals surface area contributed by atoms with E-state index in [1.165, 1.54) is 30.0 Å². The van der Waals surface area contributed by atoms with Crippen molar-refractivity contribution in [2.75, 3.05) is 27.8 Å². The van der Waals surface area contributed by atoms with Gasteiger partial charge in [-0.15, -0.1) is 11.8 Å². The molecule has 9 nitrogen and oxygen atoms in total. The molecule has 0 atom stereocenters. The number of nitrogens with zero attached hydrogens (tertiary/aromatic N) is 3. The second kappa shape index (κ2) is 9.33. The van der Waals surface area contributed by atoms with Gasteiger partial charge in [0.25, 0.3) is 0 Å². The van der Waals surface area contributed by atoms with Crippen LogP contribution in [0.4, 0.5) is 33.2 Å². The van der Waals surface area contributed by atoms with E-state index < -0.39 is 15.8 Å². The van der Waals surface area contributed by atoms with Crippen molar-refractivity contribution in [2.45, 2.75) is 23.1 Å². The normalized spacial score (nSPS) is 13.5. The van der Waals surface area contributed by atoms with Crippen molar-refractivity contribution < 1.29 is 17.6 Å². The van der Waals surface area contributed by atoms with Crippen LogP contribution in [-0.4, -0.2) is 36.6 Å². The number of halogens is 1. The van der Waals surface area contributed by atoms with Crippen LogP contribution in [0.1, 0.15) is 13.3 Å². The number of primary sulfonamides is 1. The molecule has 1 amide bonds. The minimum Gasteiger partial charge on any atom is -0.338 e. The SMILES string of the molecule is CCCN1C(=O)CSc2ccc(Nc3nc(Nc4cccc(S(N)(=O)=O)c4)ncc3F)cc21. The largest absolute Gasteiger partial charge is 0.338 e. The van der Waals surface area contributed by atoms with E-state index in [0.29, 0.717) is 23.7 Å². The van der Waals surface area contributed by atoms with E-state index in [-0.39, 0.29) is 22.6 Å². The van der Waals surface area contributed by atoms with Gasteiger partial charge >= 0.3 is 0 Å². The number of fused-ring (bicyclic) bond motifs is 1. The van der Waals surface area contributed by atoms with Gasteiger partial charge in [-0.3, -0.25) is 4.79 Å². The predicted octanol–water partition coefficient (Wildman–Crippen LogP) is 3.60. The van der Waals surface area contributed by atoms with Crippen LogP contribution >= 0.6 is 11.8 Å². The van der Waals surface area contributed by atoms with Crippen molar-refractivity contribution in [1.82, 2.24) is 9.97 Å². The minimum atomic E-state index is -3.88. The zero-order valence-electron chi connectivity index (χ0n) is 17.6. The molecule has 4 rings (SSSR count). The van der Waals surface area contributed by atoms with Crippen LogP contribution in [0.3, 0.4) is 0 Å². The number of benzene rings is 2. The van der Waals surface area contributed by atoms with Gasteiger partial charge in [-0.2, -0.15) is 4.98 Å². The Balaban J connectivity index is 1.59. The van der Waals surface area contributed by atoms with Gasteiger partial charge in [-0.1, -0.05) is 13.0 Å². The molecule has 0 saturated carbocycles. The van der Waals surface area contributed by atoms with Crippen molar-refractivity contribution in [3.63, 3.8) is 0 Å². The third kappa shape index (κ3) is 5.24. The standard InChI is InChI=1S/C21H21FN6O3S2/c1-2-8-28-17-10-14(6-7-18(17)32-12-19(28)29)25-20-16(22)11-24-21(27-20)26-13-4-3-5-15(9-13)33(23,30)31/h3-7,9-11H,2,8,12H2,1H3,(H2,23,30,31)(H2,24,25,26,27). The van der Waals surface area contributed by atoms with E-state index in [4.69, 9.17) is 5.14 Å². The maximum absolute atomic E-state index is 14.4. The van der Waals surface area contributed by atoms with Crippen LogP contribution in [0.5, 0.6) is 0 Å². The Morgan fingerprint density at radius 2 is 1.97 bits per heavy atom. The zero-order valence-corrected chi connectivity index (χ0v) is 19.2. The third-order valence-corrected chi connectivity index (χ3v) is 6.73. The Labute approximate surface area is 194 Å². The fourth-order valence-corrected chi connectivity index (χ4v) is 4.76. The molecule has 0 bridgehead atoms. The molecule has 4 N–H and O–H groups in total. The summed E-state index contributed by atoms with van der Waals surface area (Å²) in [6, 6.07) is 11.3. The molecule has 2 heterocycles. The average Bonchev–Trinajstić information content (AvgIpc) is 2.78. The first-order valence-corrected chi connectivity index (χ1v) is 12.5. The number of sulfonamides is 1. The zero-order chi connectivity index (χ0) is 23.6. The molecule has 0 saturated heterocycles. The lowest BCUT2D eigenvalue weighted by molar-refractivity contribution is -0.116. The van der Waals surface area contributed by atoms with Crippen molar-refractivity contribution >= 4 is 56.5 Å². The van der Waals surface area contributed by atoms with Gasteiger partial charge in [0.15, 0.2) is 11.6 Å². The first-order chi connectivity index (χ1) is 15.7. The molecule has 0 unspecified atom stereocenters. The van der Waals surface area contributed by atoms with Crippen molar-refractivity contribution in [3.8, 4) is 0 Å². The van der Waals surface area contributed by atoms with Crippen LogP contribution in [0.25, 0.3) is 0 Å². The summed E-state index contributed by atoms with van der Waals surface area (Å²) >= 11 is 1.47. The third-order valence-electron chi connectivity index (χ3n) is 4.77. The highest BCUT2D eigenvalue weighted by Gasteiger charge is 2.24. The molecule has 12 heteroatoms. The highest BCUT2D eigenvalue weighted by Crippen LogP contribution is 2.38. The van der Waals surface area contributed by atoms with Gasteiger partial charge in [0.05, 0.1) is 22.5 Å².